The first-order chi connectivity index (χ1) is 9.59. The third-order valence-corrected chi connectivity index (χ3v) is 3.45. The molecule has 0 heterocycles. The molecule has 0 spiro atoms. The number of hydrogen-bond acceptors (Lipinski definition) is 2. The van der Waals surface area contributed by atoms with E-state index in [1.54, 1.807) is 6.07 Å². The Balaban J connectivity index is 2.10. The largest absolute Gasteiger partial charge is 0.375 e. The average Bonchev–Trinajstić information content (AvgIpc) is 2.44. The summed E-state index contributed by atoms with van der Waals surface area (Å²) in [6.07, 6.45) is -1.96. The van der Waals surface area contributed by atoms with Crippen molar-refractivity contribution in [3.63, 3.8) is 0 Å². The molecule has 2 aromatic rings. The lowest BCUT2D eigenvalue weighted by molar-refractivity contribution is 0.0152. The molecule has 2 aromatic carbocycles. The summed E-state index contributed by atoms with van der Waals surface area (Å²) >= 11 is 6.15. The monoisotopic (exact) mass is 299 g/mol. The van der Waals surface area contributed by atoms with Crippen LogP contribution in [0.25, 0.3) is 10.8 Å². The molecule has 1 unspecified atom stereocenters. The van der Waals surface area contributed by atoms with Crippen LogP contribution in [0.15, 0.2) is 36.4 Å². The Morgan fingerprint density at radius 3 is 2.50 bits per heavy atom. The number of benzene rings is 2. The molecule has 0 amide bonds. The first-order valence-corrected chi connectivity index (χ1v) is 6.76. The maximum absolute atomic E-state index is 12.0. The lowest BCUT2D eigenvalue weighted by Gasteiger charge is -2.15. The normalized spacial score (nSPS) is 13.1. The second kappa shape index (κ2) is 6.97. The highest BCUT2D eigenvalue weighted by Crippen LogP contribution is 2.30. The van der Waals surface area contributed by atoms with E-state index >= 15 is 0 Å². The molecule has 20 heavy (non-hydrogen) atoms. The molecule has 0 fully saturated rings. The summed E-state index contributed by atoms with van der Waals surface area (Å²) in [6, 6.07) is 11.1. The van der Waals surface area contributed by atoms with Gasteiger partial charge in [-0.15, -0.1) is 0 Å². The highest BCUT2D eigenvalue weighted by molar-refractivity contribution is 6.35. The number of hydrogen-bond donors (Lipinski definition) is 1. The number of halogens is 3. The molecule has 0 aromatic heterocycles. The number of ether oxygens (including phenoxy) is 1. The Morgan fingerprint density at radius 2 is 1.80 bits per heavy atom. The first kappa shape index (κ1) is 15.2. The van der Waals surface area contributed by atoms with Crippen LogP contribution in [-0.4, -0.2) is 19.6 Å². The summed E-state index contributed by atoms with van der Waals surface area (Å²) in [4.78, 5) is 0. The van der Waals surface area contributed by atoms with Crippen molar-refractivity contribution in [3.8, 4) is 0 Å². The summed E-state index contributed by atoms with van der Waals surface area (Å²) in [5.41, 5.74) is 7.07. The third kappa shape index (κ3) is 3.66. The molecule has 2 rings (SSSR count). The van der Waals surface area contributed by atoms with Gasteiger partial charge in [-0.2, -0.15) is 0 Å². The fourth-order valence-electron chi connectivity index (χ4n) is 2.15. The van der Waals surface area contributed by atoms with Crippen molar-refractivity contribution >= 4 is 22.4 Å². The van der Waals surface area contributed by atoms with Gasteiger partial charge in [0, 0.05) is 23.1 Å². The van der Waals surface area contributed by atoms with Crippen LogP contribution in [0.3, 0.4) is 0 Å². The van der Waals surface area contributed by atoms with Gasteiger partial charge in [-0.05, 0) is 23.4 Å². The average molecular weight is 300 g/mol. The van der Waals surface area contributed by atoms with E-state index in [1.807, 2.05) is 30.3 Å². The van der Waals surface area contributed by atoms with E-state index in [1.165, 1.54) is 0 Å². The summed E-state index contributed by atoms with van der Waals surface area (Å²) < 4.78 is 28.8. The minimum atomic E-state index is -2.44. The molecule has 2 N–H and O–H groups in total. The quantitative estimate of drug-likeness (QED) is 0.813. The van der Waals surface area contributed by atoms with Crippen LogP contribution in [-0.2, 0) is 4.74 Å². The lowest BCUT2D eigenvalue weighted by Crippen LogP contribution is -2.15. The van der Waals surface area contributed by atoms with E-state index in [0.717, 1.165) is 16.3 Å². The maximum Gasteiger partial charge on any atom is 0.261 e. The van der Waals surface area contributed by atoms with Gasteiger partial charge in [0.15, 0.2) is 0 Å². The minimum absolute atomic E-state index is 0.211. The Bertz CT molecular complexity index is 577. The molecular formula is C15H16ClF2NO. The molecule has 2 nitrogen and oxygen atoms in total. The van der Waals surface area contributed by atoms with Crippen molar-refractivity contribution in [2.24, 2.45) is 5.73 Å². The fraction of sp³-hybridized carbons (Fsp3) is 0.333. The number of alkyl halides is 2. The second-order valence-corrected chi connectivity index (χ2v) is 4.95. The van der Waals surface area contributed by atoms with Gasteiger partial charge >= 0.3 is 0 Å². The molecule has 0 bridgehead atoms. The molecule has 1 atom stereocenters. The Hall–Kier alpha value is -1.23. The standard InChI is InChI=1S/C15H16ClF2NO/c16-13-6-5-12(10-3-1-2-4-11(10)13)14(19)7-8-20-9-15(17)18/h1-6,14-15H,7-9,19H2. The molecule has 0 aliphatic carbocycles. The van der Waals surface area contributed by atoms with E-state index in [-0.39, 0.29) is 12.6 Å². The van der Waals surface area contributed by atoms with Crippen LogP contribution >= 0.6 is 11.6 Å². The van der Waals surface area contributed by atoms with Crippen LogP contribution < -0.4 is 5.73 Å². The molecule has 0 aliphatic rings. The van der Waals surface area contributed by atoms with Crippen molar-refractivity contribution in [1.82, 2.24) is 0 Å². The molecule has 0 saturated heterocycles. The van der Waals surface area contributed by atoms with Crippen molar-refractivity contribution in [3.05, 3.63) is 47.0 Å². The van der Waals surface area contributed by atoms with Gasteiger partial charge < -0.3 is 10.5 Å². The van der Waals surface area contributed by atoms with Gasteiger partial charge in [0.25, 0.3) is 6.43 Å². The summed E-state index contributed by atoms with van der Waals surface area (Å²) in [7, 11) is 0. The third-order valence-electron chi connectivity index (χ3n) is 3.12. The zero-order chi connectivity index (χ0) is 14.5. The summed E-state index contributed by atoms with van der Waals surface area (Å²) in [5.74, 6) is 0. The highest BCUT2D eigenvalue weighted by Gasteiger charge is 2.12. The lowest BCUT2D eigenvalue weighted by atomic mass is 9.97. The Kier molecular flexibility index (Phi) is 5.29. The van der Waals surface area contributed by atoms with Crippen molar-refractivity contribution in [1.29, 1.82) is 0 Å². The van der Waals surface area contributed by atoms with Crippen molar-refractivity contribution in [2.75, 3.05) is 13.2 Å². The van der Waals surface area contributed by atoms with Crippen LogP contribution in [0.1, 0.15) is 18.0 Å². The first-order valence-electron chi connectivity index (χ1n) is 6.38. The maximum atomic E-state index is 12.0. The number of nitrogens with two attached hydrogens (primary N) is 1. The van der Waals surface area contributed by atoms with E-state index in [2.05, 4.69) is 0 Å². The number of fused-ring (bicyclic) bond motifs is 1. The van der Waals surface area contributed by atoms with Crippen molar-refractivity contribution < 1.29 is 13.5 Å². The predicted octanol–water partition coefficient (Wildman–Crippen LogP) is 4.16. The Labute approximate surface area is 121 Å². The Morgan fingerprint density at radius 1 is 1.10 bits per heavy atom. The van der Waals surface area contributed by atoms with Gasteiger partial charge in [-0.3, -0.25) is 0 Å². The fourth-order valence-corrected chi connectivity index (χ4v) is 2.37. The highest BCUT2D eigenvalue weighted by atomic mass is 35.5. The van der Waals surface area contributed by atoms with Gasteiger partial charge in [-0.25, -0.2) is 8.78 Å². The number of rotatable bonds is 6. The van der Waals surface area contributed by atoms with Crippen LogP contribution in [0.5, 0.6) is 0 Å². The van der Waals surface area contributed by atoms with Gasteiger partial charge in [0.05, 0.1) is 0 Å². The van der Waals surface area contributed by atoms with E-state index in [4.69, 9.17) is 22.1 Å². The van der Waals surface area contributed by atoms with Crippen molar-refractivity contribution in [2.45, 2.75) is 18.9 Å². The zero-order valence-electron chi connectivity index (χ0n) is 10.9. The van der Waals surface area contributed by atoms with E-state index in [9.17, 15) is 8.78 Å². The molecule has 5 heteroatoms. The topological polar surface area (TPSA) is 35.2 Å². The zero-order valence-corrected chi connectivity index (χ0v) is 11.6. The minimum Gasteiger partial charge on any atom is -0.375 e. The van der Waals surface area contributed by atoms with Crippen LogP contribution in [0, 0.1) is 0 Å². The molecule has 0 saturated carbocycles. The SMILES string of the molecule is NC(CCOCC(F)F)c1ccc(Cl)c2ccccc12. The van der Waals surface area contributed by atoms with Gasteiger partial charge in [-0.1, -0.05) is 41.9 Å². The molecule has 0 aliphatic heterocycles. The van der Waals surface area contributed by atoms with E-state index in [0.29, 0.717) is 11.4 Å². The van der Waals surface area contributed by atoms with E-state index < -0.39 is 13.0 Å². The molecule has 0 radical (unpaired) electrons. The van der Waals surface area contributed by atoms with Gasteiger partial charge in [0.2, 0.25) is 0 Å². The van der Waals surface area contributed by atoms with Gasteiger partial charge in [0.1, 0.15) is 6.61 Å². The molecule has 108 valence electrons. The van der Waals surface area contributed by atoms with Crippen LogP contribution in [0.2, 0.25) is 5.02 Å². The predicted molar refractivity (Wildman–Crippen MR) is 77.3 cm³/mol. The second-order valence-electron chi connectivity index (χ2n) is 4.54. The molecular weight excluding hydrogens is 284 g/mol. The smallest absolute Gasteiger partial charge is 0.261 e. The summed E-state index contributed by atoms with van der Waals surface area (Å²) in [6.45, 7) is -0.337. The summed E-state index contributed by atoms with van der Waals surface area (Å²) in [5, 5.41) is 2.60. The van der Waals surface area contributed by atoms with Crippen LogP contribution in [0.4, 0.5) is 8.78 Å².